The molecule has 1 amide bonds. The van der Waals surface area contributed by atoms with E-state index in [1.54, 1.807) is 13.8 Å². The molecule has 2 fully saturated rings. The highest BCUT2D eigenvalue weighted by Gasteiger charge is 2.35. The van der Waals surface area contributed by atoms with E-state index in [4.69, 9.17) is 33.3 Å². The number of hydrogen-bond acceptors (Lipinski definition) is 7. The Kier molecular flexibility index (Phi) is 10.1. The summed E-state index contributed by atoms with van der Waals surface area (Å²) in [6, 6.07) is 0.130. The van der Waals surface area contributed by atoms with Crippen LogP contribution >= 0.6 is 23.2 Å². The minimum absolute atomic E-state index is 0.0725. The van der Waals surface area contributed by atoms with E-state index in [0.717, 1.165) is 44.7 Å². The van der Waals surface area contributed by atoms with Crippen molar-refractivity contribution in [2.75, 3.05) is 13.1 Å². The molecule has 2 aliphatic rings. The first-order chi connectivity index (χ1) is 17.4. The van der Waals surface area contributed by atoms with Crippen LogP contribution in [0.3, 0.4) is 0 Å². The maximum absolute atomic E-state index is 13.8. The summed E-state index contributed by atoms with van der Waals surface area (Å²) >= 11 is 12.5. The molecule has 1 aliphatic heterocycles. The number of pyridine rings is 1. The standard InChI is InChI=1S/C27H38Cl2N4O4/c1-16(32-19-7-5-18(6-8-19)17(2)34)21(11-30)26(36)33(14-20-9-10-27(3,4)37-20)15-24(35)25-22(28)12-31-13-23(25)29/h11-13,18-20,24,30,32,35H,5-10,14-15H2,1-4H3/b21-16+,30-11?/t18-,19-,20-,24?/m1/s1. The summed E-state index contributed by atoms with van der Waals surface area (Å²) in [5, 5.41) is 22.9. The normalized spacial score (nSPS) is 24.7. The van der Waals surface area contributed by atoms with Gasteiger partial charge in [-0.25, -0.2) is 0 Å². The molecule has 1 saturated heterocycles. The number of aromatic nitrogens is 1. The Morgan fingerprint density at radius 2 is 1.84 bits per heavy atom. The minimum atomic E-state index is -1.15. The van der Waals surface area contributed by atoms with Crippen molar-refractivity contribution >= 4 is 41.1 Å². The van der Waals surface area contributed by atoms with Crippen LogP contribution in [-0.4, -0.2) is 63.7 Å². The fourth-order valence-electron chi connectivity index (χ4n) is 5.26. The number of ether oxygens (including phenoxy) is 1. The van der Waals surface area contributed by atoms with Gasteiger partial charge in [0.1, 0.15) is 5.78 Å². The molecule has 2 heterocycles. The van der Waals surface area contributed by atoms with E-state index in [-0.39, 0.29) is 64.1 Å². The van der Waals surface area contributed by atoms with Crippen LogP contribution in [0, 0.1) is 11.3 Å². The summed E-state index contributed by atoms with van der Waals surface area (Å²) in [4.78, 5) is 30.9. The third kappa shape index (κ3) is 7.76. The van der Waals surface area contributed by atoms with Crippen molar-refractivity contribution in [3.63, 3.8) is 0 Å². The second-order valence-corrected chi connectivity index (χ2v) is 11.6. The summed E-state index contributed by atoms with van der Waals surface area (Å²) < 4.78 is 6.13. The number of aliphatic hydroxyl groups is 1. The van der Waals surface area contributed by atoms with Crippen molar-refractivity contribution < 1.29 is 19.4 Å². The predicted molar refractivity (Wildman–Crippen MR) is 145 cm³/mol. The maximum Gasteiger partial charge on any atom is 0.257 e. The molecule has 8 nitrogen and oxygen atoms in total. The van der Waals surface area contributed by atoms with E-state index in [2.05, 4.69) is 10.3 Å². The number of amides is 1. The third-order valence-electron chi connectivity index (χ3n) is 7.38. The Bertz CT molecular complexity index is 1020. The summed E-state index contributed by atoms with van der Waals surface area (Å²) in [5.41, 5.74) is 0.830. The van der Waals surface area contributed by atoms with Gasteiger partial charge < -0.3 is 25.5 Å². The smallest absolute Gasteiger partial charge is 0.257 e. The number of carbonyl (C=O) groups is 2. The molecule has 1 aliphatic carbocycles. The Morgan fingerprint density at radius 3 is 2.35 bits per heavy atom. The molecule has 1 saturated carbocycles. The lowest BCUT2D eigenvalue weighted by Crippen LogP contribution is -2.43. The number of aliphatic hydroxyl groups excluding tert-OH is 1. The average Bonchev–Trinajstić information content (AvgIpc) is 3.17. The van der Waals surface area contributed by atoms with Crippen molar-refractivity contribution in [3.8, 4) is 0 Å². The van der Waals surface area contributed by atoms with Gasteiger partial charge in [0.2, 0.25) is 0 Å². The molecule has 1 aromatic heterocycles. The molecule has 0 bridgehead atoms. The molecule has 2 atom stereocenters. The fourth-order valence-corrected chi connectivity index (χ4v) is 5.88. The summed E-state index contributed by atoms with van der Waals surface area (Å²) in [6.07, 6.45) is 7.43. The van der Waals surface area contributed by atoms with Crippen molar-refractivity contribution in [1.82, 2.24) is 15.2 Å². The van der Waals surface area contributed by atoms with Crippen LogP contribution in [0.2, 0.25) is 10.0 Å². The third-order valence-corrected chi connectivity index (χ3v) is 7.99. The molecule has 1 unspecified atom stereocenters. The van der Waals surface area contributed by atoms with Gasteiger partial charge in [-0.05, 0) is 66.2 Å². The van der Waals surface area contributed by atoms with Gasteiger partial charge in [-0.2, -0.15) is 0 Å². The first-order valence-corrected chi connectivity index (χ1v) is 13.6. The number of rotatable bonds is 10. The number of halogens is 2. The van der Waals surface area contributed by atoms with Crippen molar-refractivity contribution in [3.05, 3.63) is 39.3 Å². The summed E-state index contributed by atoms with van der Waals surface area (Å²) in [7, 11) is 0. The van der Waals surface area contributed by atoms with E-state index in [1.807, 2.05) is 13.8 Å². The zero-order valence-electron chi connectivity index (χ0n) is 22.0. The molecule has 0 aromatic carbocycles. The molecule has 10 heteroatoms. The number of ketones is 1. The monoisotopic (exact) mass is 552 g/mol. The van der Waals surface area contributed by atoms with Gasteiger partial charge in [0, 0.05) is 48.4 Å². The van der Waals surface area contributed by atoms with Gasteiger partial charge in [0.15, 0.2) is 0 Å². The quantitative estimate of drug-likeness (QED) is 0.281. The molecule has 37 heavy (non-hydrogen) atoms. The number of nitrogens with one attached hydrogen (secondary N) is 2. The Hall–Kier alpha value is -2.00. The highest BCUT2D eigenvalue weighted by atomic mass is 35.5. The number of Topliss-reactive ketones (excluding diaryl/α,β-unsaturated/α-hetero) is 1. The first-order valence-electron chi connectivity index (χ1n) is 12.8. The van der Waals surface area contributed by atoms with Crippen molar-refractivity contribution in [1.29, 1.82) is 5.41 Å². The van der Waals surface area contributed by atoms with Gasteiger partial charge in [0.05, 0.1) is 40.0 Å². The molecule has 0 spiro atoms. The van der Waals surface area contributed by atoms with Crippen LogP contribution < -0.4 is 5.32 Å². The molecule has 3 rings (SSSR count). The number of hydrogen-bond donors (Lipinski definition) is 3. The predicted octanol–water partition coefficient (Wildman–Crippen LogP) is 4.87. The zero-order valence-corrected chi connectivity index (χ0v) is 23.5. The second-order valence-electron chi connectivity index (χ2n) is 10.8. The number of carbonyl (C=O) groups excluding carboxylic acids is 2. The Balaban J connectivity index is 1.81. The Morgan fingerprint density at radius 1 is 1.22 bits per heavy atom. The van der Waals surface area contributed by atoms with Crippen LogP contribution in [0.1, 0.15) is 77.9 Å². The highest BCUT2D eigenvalue weighted by molar-refractivity contribution is 6.35. The summed E-state index contributed by atoms with van der Waals surface area (Å²) in [5.74, 6) is -0.0567. The second kappa shape index (κ2) is 12.7. The maximum atomic E-state index is 13.8. The Labute approximate surface area is 229 Å². The lowest BCUT2D eigenvalue weighted by Gasteiger charge is -2.31. The van der Waals surface area contributed by atoms with Crippen LogP contribution in [0.4, 0.5) is 0 Å². The van der Waals surface area contributed by atoms with Crippen molar-refractivity contribution in [2.24, 2.45) is 5.92 Å². The minimum Gasteiger partial charge on any atom is -0.386 e. The van der Waals surface area contributed by atoms with E-state index in [1.165, 1.54) is 17.3 Å². The van der Waals surface area contributed by atoms with Crippen LogP contribution in [0.5, 0.6) is 0 Å². The molecule has 204 valence electrons. The van der Waals surface area contributed by atoms with E-state index < -0.39 is 6.10 Å². The number of allylic oxidation sites excluding steroid dienone is 1. The van der Waals surface area contributed by atoms with Crippen molar-refractivity contribution in [2.45, 2.75) is 90.1 Å². The average molecular weight is 554 g/mol. The lowest BCUT2D eigenvalue weighted by atomic mass is 9.84. The van der Waals surface area contributed by atoms with Gasteiger partial charge in [-0.3, -0.25) is 14.6 Å². The largest absolute Gasteiger partial charge is 0.386 e. The first kappa shape index (κ1) is 29.6. The molecule has 0 radical (unpaired) electrons. The summed E-state index contributed by atoms with van der Waals surface area (Å²) in [6.45, 7) is 7.64. The zero-order chi connectivity index (χ0) is 27.3. The van der Waals surface area contributed by atoms with E-state index >= 15 is 0 Å². The van der Waals surface area contributed by atoms with E-state index in [0.29, 0.717) is 11.3 Å². The van der Waals surface area contributed by atoms with Gasteiger partial charge in [-0.15, -0.1) is 0 Å². The number of nitrogens with zero attached hydrogens (tertiary/aromatic N) is 2. The van der Waals surface area contributed by atoms with Crippen LogP contribution in [-0.2, 0) is 14.3 Å². The van der Waals surface area contributed by atoms with Crippen LogP contribution in [0.15, 0.2) is 23.7 Å². The van der Waals surface area contributed by atoms with Crippen LogP contribution in [0.25, 0.3) is 0 Å². The molecule has 1 aromatic rings. The fraction of sp³-hybridized carbons (Fsp3) is 0.630. The molecule has 3 N–H and O–H groups in total. The molecular weight excluding hydrogens is 515 g/mol. The van der Waals surface area contributed by atoms with Gasteiger partial charge in [0.25, 0.3) is 5.91 Å². The highest BCUT2D eigenvalue weighted by Crippen LogP contribution is 2.33. The SMILES string of the molecule is C/C(N[C@H]1CC[C@H](C(C)=O)CC1)=C(/C=N)C(=O)N(CC(O)c1c(Cl)cncc1Cl)C[C@H]1CCC(C)(C)O1. The molecular formula is C27H38Cl2N4O4. The van der Waals surface area contributed by atoms with E-state index in [9.17, 15) is 14.7 Å². The van der Waals surface area contributed by atoms with Gasteiger partial charge in [-0.1, -0.05) is 23.2 Å². The van der Waals surface area contributed by atoms with Gasteiger partial charge >= 0.3 is 0 Å². The topological polar surface area (TPSA) is 116 Å². The lowest BCUT2D eigenvalue weighted by molar-refractivity contribution is -0.131.